The van der Waals surface area contributed by atoms with Crippen molar-refractivity contribution in [2.75, 3.05) is 0 Å². The quantitative estimate of drug-likeness (QED) is 0.560. The predicted octanol–water partition coefficient (Wildman–Crippen LogP) is 4.33. The highest BCUT2D eigenvalue weighted by Crippen LogP contribution is 2.30. The first-order chi connectivity index (χ1) is 9.99. The highest BCUT2D eigenvalue weighted by Gasteiger charge is 2.08. The molecule has 0 aliphatic rings. The largest absolute Gasteiger partial charge is 0.506 e. The lowest BCUT2D eigenvalue weighted by atomic mass is 10.2. The number of hydrogen-bond acceptors (Lipinski definition) is 3. The molecule has 0 atom stereocenters. The molecular formula is C14H9Br2ClN2O2. The summed E-state index contributed by atoms with van der Waals surface area (Å²) in [7, 11) is 0. The zero-order valence-electron chi connectivity index (χ0n) is 10.5. The van der Waals surface area contributed by atoms with Gasteiger partial charge in [-0.3, -0.25) is 4.79 Å². The molecule has 0 radical (unpaired) electrons. The summed E-state index contributed by atoms with van der Waals surface area (Å²) in [4.78, 5) is 11.9. The van der Waals surface area contributed by atoms with E-state index in [-0.39, 0.29) is 11.7 Å². The summed E-state index contributed by atoms with van der Waals surface area (Å²) in [5, 5.41) is 14.1. The summed E-state index contributed by atoms with van der Waals surface area (Å²) in [5.41, 5.74) is 3.24. The molecule has 21 heavy (non-hydrogen) atoms. The number of nitrogens with one attached hydrogen (secondary N) is 1. The summed E-state index contributed by atoms with van der Waals surface area (Å²) < 4.78 is 1.12. The number of carbonyl (C=O) groups is 1. The van der Waals surface area contributed by atoms with Gasteiger partial charge in [-0.15, -0.1) is 0 Å². The molecule has 2 aromatic rings. The predicted molar refractivity (Wildman–Crippen MR) is 90.0 cm³/mol. The minimum Gasteiger partial charge on any atom is -0.506 e. The van der Waals surface area contributed by atoms with Crippen LogP contribution in [0.5, 0.6) is 5.75 Å². The molecule has 0 heterocycles. The smallest absolute Gasteiger partial charge is 0.272 e. The fraction of sp³-hybridized carbons (Fsp3) is 0. The number of aromatic hydroxyl groups is 1. The molecule has 7 heteroatoms. The van der Waals surface area contributed by atoms with Gasteiger partial charge in [-0.25, -0.2) is 5.43 Å². The Morgan fingerprint density at radius 3 is 2.67 bits per heavy atom. The van der Waals surface area contributed by atoms with Crippen LogP contribution in [-0.2, 0) is 0 Å². The SMILES string of the molecule is O=C(N/N=C\c1cc(Cl)cc(Br)c1O)c1ccccc1Br. The van der Waals surface area contributed by atoms with Gasteiger partial charge >= 0.3 is 0 Å². The highest BCUT2D eigenvalue weighted by atomic mass is 79.9. The van der Waals surface area contributed by atoms with Crippen LogP contribution in [0.3, 0.4) is 0 Å². The number of carbonyl (C=O) groups excluding carboxylic acids is 1. The fourth-order valence-electron chi connectivity index (χ4n) is 1.55. The Morgan fingerprint density at radius 2 is 1.95 bits per heavy atom. The van der Waals surface area contributed by atoms with Gasteiger partial charge < -0.3 is 5.11 Å². The molecule has 0 saturated carbocycles. The highest BCUT2D eigenvalue weighted by molar-refractivity contribution is 9.10. The van der Waals surface area contributed by atoms with Gasteiger partial charge in [-0.1, -0.05) is 23.7 Å². The Hall–Kier alpha value is -1.37. The second kappa shape index (κ2) is 7.06. The van der Waals surface area contributed by atoms with E-state index in [1.54, 1.807) is 24.3 Å². The first-order valence-electron chi connectivity index (χ1n) is 5.75. The van der Waals surface area contributed by atoms with Gasteiger partial charge in [0, 0.05) is 15.1 Å². The molecule has 108 valence electrons. The van der Waals surface area contributed by atoms with Crippen molar-refractivity contribution in [1.29, 1.82) is 0 Å². The summed E-state index contributed by atoms with van der Waals surface area (Å²) in [5.74, 6) is -0.363. The van der Waals surface area contributed by atoms with E-state index >= 15 is 0 Å². The molecule has 0 bridgehead atoms. The van der Waals surface area contributed by atoms with E-state index in [0.29, 0.717) is 25.1 Å². The second-order valence-corrected chi connectivity index (χ2v) is 6.15. The lowest BCUT2D eigenvalue weighted by Crippen LogP contribution is -2.18. The number of phenols is 1. The van der Waals surface area contributed by atoms with Gasteiger partial charge in [-0.2, -0.15) is 5.10 Å². The minimum atomic E-state index is -0.362. The van der Waals surface area contributed by atoms with Crippen molar-refractivity contribution in [2.45, 2.75) is 0 Å². The molecule has 2 aromatic carbocycles. The van der Waals surface area contributed by atoms with Crippen molar-refractivity contribution in [3.8, 4) is 5.75 Å². The topological polar surface area (TPSA) is 61.7 Å². The summed E-state index contributed by atoms with van der Waals surface area (Å²) in [6.07, 6.45) is 1.32. The van der Waals surface area contributed by atoms with Gasteiger partial charge in [0.05, 0.1) is 16.3 Å². The molecular weight excluding hydrogens is 423 g/mol. The van der Waals surface area contributed by atoms with Crippen LogP contribution >= 0.6 is 43.5 Å². The maximum atomic E-state index is 11.9. The van der Waals surface area contributed by atoms with Gasteiger partial charge in [0.15, 0.2) is 0 Å². The Balaban J connectivity index is 2.13. The van der Waals surface area contributed by atoms with Crippen LogP contribution in [0, 0.1) is 0 Å². The molecule has 0 spiro atoms. The van der Waals surface area contributed by atoms with Crippen molar-refractivity contribution >= 4 is 55.6 Å². The molecule has 0 saturated heterocycles. The summed E-state index contributed by atoms with van der Waals surface area (Å²) in [6.45, 7) is 0. The van der Waals surface area contributed by atoms with Crippen LogP contribution in [0.2, 0.25) is 5.02 Å². The Bertz CT molecular complexity index is 720. The second-order valence-electron chi connectivity index (χ2n) is 4.00. The van der Waals surface area contributed by atoms with E-state index in [1.165, 1.54) is 12.3 Å². The number of nitrogens with zero attached hydrogens (tertiary/aromatic N) is 1. The van der Waals surface area contributed by atoms with E-state index in [0.717, 1.165) is 0 Å². The molecule has 0 aromatic heterocycles. The molecule has 2 N–H and O–H groups in total. The van der Waals surface area contributed by atoms with Gasteiger partial charge in [0.25, 0.3) is 5.91 Å². The standard InChI is InChI=1S/C14H9Br2ClN2O2/c15-11-4-2-1-3-10(11)14(21)19-18-7-8-5-9(17)6-12(16)13(8)20/h1-7,20H,(H,19,21)/b18-7-. The van der Waals surface area contributed by atoms with Crippen molar-refractivity contribution in [3.63, 3.8) is 0 Å². The first-order valence-corrected chi connectivity index (χ1v) is 7.71. The molecule has 0 aliphatic heterocycles. The summed E-state index contributed by atoms with van der Waals surface area (Å²) in [6, 6.07) is 10.1. The van der Waals surface area contributed by atoms with Crippen LogP contribution in [0.25, 0.3) is 0 Å². The molecule has 0 fully saturated rings. The van der Waals surface area contributed by atoms with Crippen molar-refractivity contribution in [3.05, 3.63) is 61.5 Å². The van der Waals surface area contributed by atoms with E-state index in [9.17, 15) is 9.90 Å². The van der Waals surface area contributed by atoms with Gasteiger partial charge in [0.2, 0.25) is 0 Å². The van der Waals surface area contributed by atoms with Crippen LogP contribution in [-0.4, -0.2) is 17.2 Å². The van der Waals surface area contributed by atoms with Crippen molar-refractivity contribution in [1.82, 2.24) is 5.43 Å². The molecule has 0 unspecified atom stereocenters. The van der Waals surface area contributed by atoms with E-state index in [1.807, 2.05) is 6.07 Å². The third-order valence-electron chi connectivity index (χ3n) is 2.55. The number of benzene rings is 2. The Kier molecular flexibility index (Phi) is 5.39. The Morgan fingerprint density at radius 1 is 1.24 bits per heavy atom. The number of rotatable bonds is 3. The average molecular weight is 432 g/mol. The average Bonchev–Trinajstić information content (AvgIpc) is 2.44. The number of phenolic OH excluding ortho intramolecular Hbond substituents is 1. The maximum Gasteiger partial charge on any atom is 0.272 e. The van der Waals surface area contributed by atoms with Gasteiger partial charge in [0.1, 0.15) is 5.75 Å². The van der Waals surface area contributed by atoms with Crippen LogP contribution in [0.15, 0.2) is 50.4 Å². The maximum absolute atomic E-state index is 11.9. The number of halogens is 3. The third-order valence-corrected chi connectivity index (χ3v) is 4.06. The van der Waals surface area contributed by atoms with Crippen molar-refractivity contribution < 1.29 is 9.90 Å². The summed E-state index contributed by atoms with van der Waals surface area (Å²) >= 11 is 12.3. The van der Waals surface area contributed by atoms with Crippen LogP contribution in [0.4, 0.5) is 0 Å². The van der Waals surface area contributed by atoms with Crippen molar-refractivity contribution in [2.24, 2.45) is 5.10 Å². The molecule has 1 amide bonds. The normalized spacial score (nSPS) is 10.8. The molecule has 4 nitrogen and oxygen atoms in total. The zero-order valence-corrected chi connectivity index (χ0v) is 14.4. The van der Waals surface area contributed by atoms with E-state index in [2.05, 4.69) is 42.4 Å². The van der Waals surface area contributed by atoms with Gasteiger partial charge in [-0.05, 0) is 56.1 Å². The number of amides is 1. The lowest BCUT2D eigenvalue weighted by Gasteiger charge is -2.04. The first kappa shape index (κ1) is 16.0. The minimum absolute atomic E-state index is 0.00158. The number of hydrazone groups is 1. The molecule has 0 aliphatic carbocycles. The lowest BCUT2D eigenvalue weighted by molar-refractivity contribution is 0.0954. The monoisotopic (exact) mass is 430 g/mol. The van der Waals surface area contributed by atoms with Crippen LogP contribution in [0.1, 0.15) is 15.9 Å². The van der Waals surface area contributed by atoms with Crippen LogP contribution < -0.4 is 5.43 Å². The number of hydrogen-bond donors (Lipinski definition) is 2. The third kappa shape index (κ3) is 4.06. The fourth-order valence-corrected chi connectivity index (χ4v) is 2.85. The Labute approximate surface area is 143 Å². The van der Waals surface area contributed by atoms with E-state index in [4.69, 9.17) is 11.6 Å². The molecule has 2 rings (SSSR count). The van der Waals surface area contributed by atoms with E-state index < -0.39 is 0 Å². The zero-order chi connectivity index (χ0) is 15.4.